The van der Waals surface area contributed by atoms with Gasteiger partial charge in [-0.05, 0) is 22.1 Å². The molecule has 1 rings (SSSR count). The Morgan fingerprint density at radius 3 is 2.50 bits per heavy atom. The van der Waals surface area contributed by atoms with Crippen LogP contribution >= 0.6 is 17.5 Å². The van der Waals surface area contributed by atoms with Gasteiger partial charge in [0.1, 0.15) is 5.84 Å². The van der Waals surface area contributed by atoms with Crippen LogP contribution in [0.3, 0.4) is 0 Å². The molecule has 0 saturated heterocycles. The fourth-order valence-electron chi connectivity index (χ4n) is 1.05. The van der Waals surface area contributed by atoms with Gasteiger partial charge in [0, 0.05) is 8.73 Å². The molecule has 0 bridgehead atoms. The lowest BCUT2D eigenvalue weighted by Crippen LogP contribution is -2.20. The fourth-order valence-corrected chi connectivity index (χ4v) is 2.08. The van der Waals surface area contributed by atoms with Crippen molar-refractivity contribution < 1.29 is 0 Å². The molecule has 0 aromatic carbocycles. The first-order valence-electron chi connectivity index (χ1n) is 3.90. The summed E-state index contributed by atoms with van der Waals surface area (Å²) in [5.74, 6) is 1.51. The number of rotatable bonds is 3. The minimum atomic E-state index is 0.393. The molecule has 0 saturated carbocycles. The molecular weight excluding hydrogens is 186 g/mol. The lowest BCUT2D eigenvalue weighted by atomic mass is 10.1. The van der Waals surface area contributed by atoms with Gasteiger partial charge < -0.3 is 5.09 Å². The molecule has 0 heterocycles. The Morgan fingerprint density at radius 2 is 2.00 bits per heavy atom. The van der Waals surface area contributed by atoms with E-state index in [0.29, 0.717) is 14.6 Å². The molecule has 0 aliphatic heterocycles. The first-order valence-corrected chi connectivity index (χ1v) is 6.85. The molecular formula is C8H14N2P2. The van der Waals surface area contributed by atoms with Gasteiger partial charge in [-0.25, -0.2) is 0 Å². The Hall–Kier alpha value is -0.190. The zero-order valence-corrected chi connectivity index (χ0v) is 9.33. The molecule has 66 valence electrons. The van der Waals surface area contributed by atoms with Gasteiger partial charge in [-0.1, -0.05) is 24.3 Å². The van der Waals surface area contributed by atoms with Crippen LogP contribution in [0.1, 0.15) is 0 Å². The van der Waals surface area contributed by atoms with E-state index in [-0.39, 0.29) is 0 Å². The summed E-state index contributed by atoms with van der Waals surface area (Å²) in [6.45, 7) is 4.21. The summed E-state index contributed by atoms with van der Waals surface area (Å²) in [6.07, 6.45) is 8.46. The maximum absolute atomic E-state index is 4.43. The average Bonchev–Trinajstić information content (AvgIpc) is 2.56. The minimum absolute atomic E-state index is 0.393. The molecule has 0 aromatic heterocycles. The molecule has 2 unspecified atom stereocenters. The molecule has 1 aliphatic rings. The van der Waals surface area contributed by atoms with E-state index < -0.39 is 0 Å². The van der Waals surface area contributed by atoms with Gasteiger partial charge in [0.2, 0.25) is 0 Å². The SMILES string of the molecule is CP/N=C(/NPC)C1C=CC=C1. The monoisotopic (exact) mass is 200 g/mol. The fraction of sp³-hybridized carbons (Fsp3) is 0.375. The molecule has 0 radical (unpaired) electrons. The quantitative estimate of drug-likeness (QED) is 0.421. The molecule has 0 spiro atoms. The Balaban J connectivity index is 2.59. The second-order valence-electron chi connectivity index (χ2n) is 2.39. The second kappa shape index (κ2) is 5.45. The van der Waals surface area contributed by atoms with E-state index in [1.54, 1.807) is 0 Å². The Kier molecular flexibility index (Phi) is 4.50. The highest BCUT2D eigenvalue weighted by Crippen LogP contribution is 2.16. The van der Waals surface area contributed by atoms with Crippen LogP contribution in [0.2, 0.25) is 0 Å². The summed E-state index contributed by atoms with van der Waals surface area (Å²) < 4.78 is 4.43. The molecule has 0 aromatic rings. The molecule has 0 fully saturated rings. The van der Waals surface area contributed by atoms with Crippen molar-refractivity contribution in [3.8, 4) is 0 Å². The highest BCUT2D eigenvalue weighted by atomic mass is 31.1. The van der Waals surface area contributed by atoms with Crippen molar-refractivity contribution in [3.05, 3.63) is 24.3 Å². The van der Waals surface area contributed by atoms with Gasteiger partial charge in [0.15, 0.2) is 0 Å². The molecule has 12 heavy (non-hydrogen) atoms. The Labute approximate surface area is 77.3 Å². The zero-order chi connectivity index (χ0) is 8.81. The van der Waals surface area contributed by atoms with Crippen LogP contribution < -0.4 is 5.09 Å². The van der Waals surface area contributed by atoms with Crippen LogP contribution in [0, 0.1) is 5.92 Å². The third-order valence-electron chi connectivity index (χ3n) is 1.55. The summed E-state index contributed by atoms with van der Waals surface area (Å²) in [6, 6.07) is 0. The van der Waals surface area contributed by atoms with Crippen LogP contribution in [0.25, 0.3) is 0 Å². The van der Waals surface area contributed by atoms with E-state index in [1.807, 2.05) is 0 Å². The smallest absolute Gasteiger partial charge is 0.114 e. The molecule has 4 heteroatoms. The van der Waals surface area contributed by atoms with Crippen LogP contribution in [-0.4, -0.2) is 19.2 Å². The predicted octanol–water partition coefficient (Wildman–Crippen LogP) is 2.16. The van der Waals surface area contributed by atoms with E-state index in [9.17, 15) is 0 Å². The lowest BCUT2D eigenvalue weighted by molar-refractivity contribution is 1.11. The van der Waals surface area contributed by atoms with E-state index >= 15 is 0 Å². The molecule has 1 N–H and O–H groups in total. The van der Waals surface area contributed by atoms with E-state index in [2.05, 4.69) is 47.5 Å². The first-order chi connectivity index (χ1) is 5.88. The first kappa shape index (κ1) is 9.89. The van der Waals surface area contributed by atoms with Crippen molar-refractivity contribution in [1.82, 2.24) is 5.09 Å². The van der Waals surface area contributed by atoms with Crippen LogP contribution in [0.15, 0.2) is 29.1 Å². The minimum Gasteiger partial charge on any atom is -0.355 e. The Morgan fingerprint density at radius 1 is 1.33 bits per heavy atom. The zero-order valence-electron chi connectivity index (χ0n) is 7.33. The summed E-state index contributed by atoms with van der Waals surface area (Å²) in [4.78, 5) is 0. The van der Waals surface area contributed by atoms with Crippen molar-refractivity contribution in [2.75, 3.05) is 13.3 Å². The number of amidine groups is 1. The van der Waals surface area contributed by atoms with Gasteiger partial charge in [-0.2, -0.15) is 0 Å². The van der Waals surface area contributed by atoms with Gasteiger partial charge in [-0.15, -0.1) is 0 Å². The number of nitrogens with one attached hydrogen (secondary N) is 1. The summed E-state index contributed by atoms with van der Waals surface area (Å²) >= 11 is 0. The van der Waals surface area contributed by atoms with Gasteiger partial charge in [0.25, 0.3) is 0 Å². The third-order valence-corrected chi connectivity index (χ3v) is 2.52. The summed E-state index contributed by atoms with van der Waals surface area (Å²) in [5, 5.41) is 3.31. The second-order valence-corrected chi connectivity index (χ2v) is 3.81. The van der Waals surface area contributed by atoms with Gasteiger partial charge in [-0.3, -0.25) is 4.76 Å². The van der Waals surface area contributed by atoms with E-state index in [0.717, 1.165) is 14.6 Å². The molecule has 1 aliphatic carbocycles. The molecule has 2 nitrogen and oxygen atoms in total. The van der Waals surface area contributed by atoms with Crippen LogP contribution in [-0.2, 0) is 0 Å². The molecule has 2 atom stereocenters. The predicted molar refractivity (Wildman–Crippen MR) is 60.8 cm³/mol. The van der Waals surface area contributed by atoms with E-state index in [1.165, 1.54) is 0 Å². The van der Waals surface area contributed by atoms with E-state index in [4.69, 9.17) is 0 Å². The molecule has 0 amide bonds. The van der Waals surface area contributed by atoms with Gasteiger partial charge >= 0.3 is 0 Å². The van der Waals surface area contributed by atoms with Gasteiger partial charge in [0.05, 0.1) is 5.92 Å². The normalized spacial score (nSPS) is 19.3. The number of hydrogen-bond donors (Lipinski definition) is 1. The average molecular weight is 200 g/mol. The van der Waals surface area contributed by atoms with Crippen LogP contribution in [0.5, 0.6) is 0 Å². The van der Waals surface area contributed by atoms with Crippen molar-refractivity contribution in [1.29, 1.82) is 0 Å². The van der Waals surface area contributed by atoms with Crippen molar-refractivity contribution in [2.24, 2.45) is 10.7 Å². The Bertz CT molecular complexity index is 209. The summed E-state index contributed by atoms with van der Waals surface area (Å²) in [7, 11) is 1.37. The number of nitrogens with zero attached hydrogens (tertiary/aromatic N) is 1. The standard InChI is InChI=1S/C8H14N2P2/c1-11-9-8(10-12-2)7-5-3-4-6-7/h3-7,11-12H,1-2H3,(H,9,10). The van der Waals surface area contributed by atoms with Crippen molar-refractivity contribution in [3.63, 3.8) is 0 Å². The van der Waals surface area contributed by atoms with Crippen LogP contribution in [0.4, 0.5) is 0 Å². The topological polar surface area (TPSA) is 24.4 Å². The highest BCUT2D eigenvalue weighted by molar-refractivity contribution is 7.37. The summed E-state index contributed by atoms with van der Waals surface area (Å²) in [5.41, 5.74) is 0. The lowest BCUT2D eigenvalue weighted by Gasteiger charge is -2.10. The maximum Gasteiger partial charge on any atom is 0.114 e. The maximum atomic E-state index is 4.43. The van der Waals surface area contributed by atoms with Crippen molar-refractivity contribution in [2.45, 2.75) is 0 Å². The third kappa shape index (κ3) is 2.69. The number of allylic oxidation sites excluding steroid dienone is 2. The van der Waals surface area contributed by atoms with Crippen molar-refractivity contribution >= 4 is 23.3 Å². The highest BCUT2D eigenvalue weighted by Gasteiger charge is 2.09. The number of hydrogen-bond acceptors (Lipinski definition) is 1. The largest absolute Gasteiger partial charge is 0.355 e.